The molecule has 0 spiro atoms. The predicted molar refractivity (Wildman–Crippen MR) is 103 cm³/mol. The number of hydrogen-bond acceptors (Lipinski definition) is 6. The second-order valence-corrected chi connectivity index (χ2v) is 7.17. The maximum Gasteiger partial charge on any atom is 0.365 e. The Balaban J connectivity index is 2.68. The van der Waals surface area contributed by atoms with Gasteiger partial charge < -0.3 is 16.3 Å². The van der Waals surface area contributed by atoms with E-state index in [2.05, 4.69) is 15.9 Å². The molecule has 0 aliphatic heterocycles. The number of esters is 1. The first kappa shape index (κ1) is 23.5. The maximum atomic E-state index is 14.5. The summed E-state index contributed by atoms with van der Waals surface area (Å²) in [5.74, 6) is 2.05. The molecule has 0 aliphatic carbocycles. The van der Waals surface area contributed by atoms with Gasteiger partial charge in [0, 0.05) is 10.5 Å². The number of hydrogen-bond donors (Lipinski definition) is 2. The molecule has 1 amide bonds. The number of alkyl halides is 3. The van der Waals surface area contributed by atoms with Gasteiger partial charge in [-0.05, 0) is 46.1 Å². The lowest BCUT2D eigenvalue weighted by atomic mass is 10.1. The number of amides is 1. The largest absolute Gasteiger partial charge is 0.449 e. The van der Waals surface area contributed by atoms with Crippen LogP contribution in [-0.2, 0) is 14.9 Å². The molecule has 0 bridgehead atoms. The normalized spacial score (nSPS) is 12.5. The number of primary amides is 1. The van der Waals surface area contributed by atoms with Crippen LogP contribution < -0.4 is 22.8 Å². The van der Waals surface area contributed by atoms with Crippen molar-refractivity contribution in [2.24, 2.45) is 5.73 Å². The van der Waals surface area contributed by atoms with E-state index in [4.69, 9.17) is 27.9 Å². The van der Waals surface area contributed by atoms with Gasteiger partial charge in [0.15, 0.2) is 6.10 Å². The van der Waals surface area contributed by atoms with Crippen molar-refractivity contribution >= 4 is 39.4 Å². The molecule has 1 aromatic heterocycles. The molecule has 0 aliphatic rings. The predicted octanol–water partition coefficient (Wildman–Crippen LogP) is 1.32. The minimum Gasteiger partial charge on any atom is -0.449 e. The lowest BCUT2D eigenvalue weighted by molar-refractivity contribution is -0.126. The Morgan fingerprint density at radius 3 is 2.40 bits per heavy atom. The number of benzene rings is 1. The third-order valence-corrected chi connectivity index (χ3v) is 4.71. The fraction of sp³-hybridized carbons (Fsp3) is 0.250. The van der Waals surface area contributed by atoms with Gasteiger partial charge in [0.2, 0.25) is 0 Å². The van der Waals surface area contributed by atoms with Crippen LogP contribution >= 0.6 is 27.5 Å². The molecule has 0 saturated heterocycles. The van der Waals surface area contributed by atoms with Crippen molar-refractivity contribution < 1.29 is 27.5 Å². The summed E-state index contributed by atoms with van der Waals surface area (Å²) in [6.45, 7) is 1.52. The topological polar surface area (TPSA) is 139 Å². The molecule has 1 aromatic carbocycles. The van der Waals surface area contributed by atoms with E-state index in [1.807, 2.05) is 0 Å². The van der Waals surface area contributed by atoms with Gasteiger partial charge in [0.25, 0.3) is 11.5 Å². The van der Waals surface area contributed by atoms with E-state index in [0.29, 0.717) is 0 Å². The molecule has 30 heavy (non-hydrogen) atoms. The van der Waals surface area contributed by atoms with Gasteiger partial charge >= 0.3 is 17.0 Å². The molecular formula is C16H13BrClF3N4O5. The van der Waals surface area contributed by atoms with Crippen molar-refractivity contribution in [3.63, 3.8) is 0 Å². The SMILES string of the molecule is CCC(OC(=O)c1cc(-n2c(=O)cc(C(F)(F)Cl)n(N)c2=O)c(F)cc1Br)C(N)=O. The van der Waals surface area contributed by atoms with Crippen LogP contribution in [0.3, 0.4) is 0 Å². The minimum absolute atomic E-state index is 0.0538. The number of nitrogen functional groups attached to an aromatic ring is 1. The summed E-state index contributed by atoms with van der Waals surface area (Å²) in [6, 6.07) is 1.72. The van der Waals surface area contributed by atoms with Crippen molar-refractivity contribution in [2.75, 3.05) is 5.84 Å². The van der Waals surface area contributed by atoms with Crippen LogP contribution in [0.5, 0.6) is 0 Å². The molecule has 2 rings (SSSR count). The molecule has 4 N–H and O–H groups in total. The number of halogens is 5. The Bertz CT molecular complexity index is 1150. The Labute approximate surface area is 179 Å². The van der Waals surface area contributed by atoms with Crippen molar-refractivity contribution in [2.45, 2.75) is 24.8 Å². The highest BCUT2D eigenvalue weighted by Crippen LogP contribution is 2.30. The number of aromatic nitrogens is 2. The average Bonchev–Trinajstić information content (AvgIpc) is 2.62. The Morgan fingerprint density at radius 2 is 1.90 bits per heavy atom. The first-order chi connectivity index (χ1) is 13.8. The van der Waals surface area contributed by atoms with Crippen LogP contribution in [0.15, 0.2) is 32.3 Å². The number of nitrogens with two attached hydrogens (primary N) is 2. The monoisotopic (exact) mass is 512 g/mol. The van der Waals surface area contributed by atoms with Gasteiger partial charge in [-0.2, -0.15) is 8.78 Å². The molecule has 14 heteroatoms. The van der Waals surface area contributed by atoms with Crippen LogP contribution in [0.1, 0.15) is 29.4 Å². The number of ether oxygens (including phenoxy) is 1. The Kier molecular flexibility index (Phi) is 6.67. The van der Waals surface area contributed by atoms with Crippen LogP contribution in [0, 0.1) is 5.82 Å². The minimum atomic E-state index is -4.15. The third-order valence-electron chi connectivity index (χ3n) is 3.86. The van der Waals surface area contributed by atoms with Crippen molar-refractivity contribution in [1.82, 2.24) is 9.24 Å². The zero-order chi connectivity index (χ0) is 23.0. The lowest BCUT2D eigenvalue weighted by Crippen LogP contribution is -2.45. The molecule has 1 atom stereocenters. The highest BCUT2D eigenvalue weighted by molar-refractivity contribution is 9.10. The first-order valence-electron chi connectivity index (χ1n) is 8.00. The van der Waals surface area contributed by atoms with E-state index in [9.17, 15) is 32.3 Å². The molecule has 1 heterocycles. The standard InChI is InChI=1S/C16H13BrClF3N4O5/c1-2-10(13(22)27)30-14(28)6-3-9(8(19)4-7(6)17)24-12(26)5-11(16(18,20)21)25(23)15(24)29/h3-5,10H,2,23H2,1H3,(H2,22,27). The van der Waals surface area contributed by atoms with Gasteiger partial charge in [0.1, 0.15) is 11.5 Å². The highest BCUT2D eigenvalue weighted by Gasteiger charge is 2.34. The van der Waals surface area contributed by atoms with Gasteiger partial charge in [-0.1, -0.05) is 6.92 Å². The summed E-state index contributed by atoms with van der Waals surface area (Å²) in [5.41, 5.74) is -0.326. The summed E-state index contributed by atoms with van der Waals surface area (Å²) in [6.07, 6.45) is -1.23. The molecule has 162 valence electrons. The van der Waals surface area contributed by atoms with Crippen molar-refractivity contribution in [3.05, 3.63) is 60.6 Å². The van der Waals surface area contributed by atoms with Crippen molar-refractivity contribution in [3.8, 4) is 5.69 Å². The van der Waals surface area contributed by atoms with E-state index in [-0.39, 0.29) is 31.8 Å². The number of rotatable bonds is 6. The number of carbonyl (C=O) groups excluding carboxylic acids is 2. The van der Waals surface area contributed by atoms with E-state index in [0.717, 1.165) is 12.1 Å². The zero-order valence-electron chi connectivity index (χ0n) is 15.0. The zero-order valence-corrected chi connectivity index (χ0v) is 17.3. The van der Waals surface area contributed by atoms with Gasteiger partial charge in [-0.3, -0.25) is 9.59 Å². The smallest absolute Gasteiger partial charge is 0.365 e. The number of nitrogens with zero attached hydrogens (tertiary/aromatic N) is 2. The Hall–Kier alpha value is -2.80. The third kappa shape index (κ3) is 4.51. The van der Waals surface area contributed by atoms with Gasteiger partial charge in [-0.15, -0.1) is 0 Å². The fourth-order valence-electron chi connectivity index (χ4n) is 2.40. The quantitative estimate of drug-likeness (QED) is 0.339. The summed E-state index contributed by atoms with van der Waals surface area (Å²) >= 11 is 7.74. The highest BCUT2D eigenvalue weighted by atomic mass is 79.9. The summed E-state index contributed by atoms with van der Waals surface area (Å²) in [4.78, 5) is 48.2. The van der Waals surface area contributed by atoms with E-state index >= 15 is 0 Å². The summed E-state index contributed by atoms with van der Waals surface area (Å²) in [5, 5.41) is -4.15. The average molecular weight is 514 g/mol. The summed E-state index contributed by atoms with van der Waals surface area (Å²) in [7, 11) is 0. The van der Waals surface area contributed by atoms with Gasteiger partial charge in [-0.25, -0.2) is 23.2 Å². The number of carbonyl (C=O) groups is 2. The molecule has 0 saturated carbocycles. The second-order valence-electron chi connectivity index (χ2n) is 5.84. The second kappa shape index (κ2) is 8.52. The molecule has 2 aromatic rings. The van der Waals surface area contributed by atoms with E-state index in [1.54, 1.807) is 0 Å². The molecule has 0 radical (unpaired) electrons. The molecule has 9 nitrogen and oxygen atoms in total. The molecular weight excluding hydrogens is 501 g/mol. The molecule has 1 unspecified atom stereocenters. The first-order valence-corrected chi connectivity index (χ1v) is 9.17. The summed E-state index contributed by atoms with van der Waals surface area (Å²) < 4.78 is 45.9. The van der Waals surface area contributed by atoms with Crippen LogP contribution in [0.4, 0.5) is 13.2 Å². The van der Waals surface area contributed by atoms with Crippen LogP contribution in [-0.4, -0.2) is 27.2 Å². The van der Waals surface area contributed by atoms with Crippen LogP contribution in [0.2, 0.25) is 0 Å². The van der Waals surface area contributed by atoms with Gasteiger partial charge in [0.05, 0.1) is 11.3 Å². The van der Waals surface area contributed by atoms with Crippen molar-refractivity contribution in [1.29, 1.82) is 0 Å². The Morgan fingerprint density at radius 1 is 1.30 bits per heavy atom. The molecule has 0 fully saturated rings. The fourth-order valence-corrected chi connectivity index (χ4v) is 3.02. The van der Waals surface area contributed by atoms with E-state index in [1.165, 1.54) is 6.92 Å². The lowest BCUT2D eigenvalue weighted by Gasteiger charge is -2.16. The van der Waals surface area contributed by atoms with Crippen LogP contribution in [0.25, 0.3) is 5.69 Å². The maximum absolute atomic E-state index is 14.5. The van der Waals surface area contributed by atoms with E-state index < -0.39 is 51.8 Å².